The first-order chi connectivity index (χ1) is 14.8. The second-order valence-corrected chi connectivity index (χ2v) is 9.19. The Bertz CT molecular complexity index is 1190. The van der Waals surface area contributed by atoms with Gasteiger partial charge in [-0.05, 0) is 80.8 Å². The number of nitrogens with one attached hydrogen (secondary N) is 1. The lowest BCUT2D eigenvalue weighted by Crippen LogP contribution is -2.35. The standard InChI is InChI=1S/C23H24ClN5OS/c1-5-6-7-20-27-29-21(25)18(22(30)26-23(29)31-20)11-16-10-14(3)28(15(16)4)19-12-17(24)9-8-13(19)2/h8-12,25H,5-7H2,1-4H3/b18-11-,25-21?. The number of halogens is 1. The second-order valence-electron chi connectivity index (χ2n) is 7.71. The minimum absolute atomic E-state index is 0.0673. The molecule has 1 N–H and O–H groups in total. The van der Waals surface area contributed by atoms with Gasteiger partial charge in [-0.15, -0.1) is 0 Å². The quantitative estimate of drug-likeness (QED) is 0.575. The van der Waals surface area contributed by atoms with Crippen molar-refractivity contribution in [2.45, 2.75) is 47.0 Å². The highest BCUT2D eigenvalue weighted by atomic mass is 35.5. The Morgan fingerprint density at radius 3 is 2.74 bits per heavy atom. The van der Waals surface area contributed by atoms with Crippen molar-refractivity contribution < 1.29 is 4.79 Å². The predicted octanol–water partition coefficient (Wildman–Crippen LogP) is 5.87. The summed E-state index contributed by atoms with van der Waals surface area (Å²) in [6, 6.07) is 7.81. The molecule has 2 aliphatic rings. The molecule has 1 aromatic carbocycles. The number of thioether (sulfide) groups is 1. The Hall–Kier alpha value is -2.64. The molecule has 3 heterocycles. The molecule has 0 saturated carbocycles. The number of amidine groups is 2. The highest BCUT2D eigenvalue weighted by Crippen LogP contribution is 2.31. The maximum absolute atomic E-state index is 12.7. The molecule has 0 spiro atoms. The number of aryl methyl sites for hydroxylation is 2. The second kappa shape index (κ2) is 8.48. The van der Waals surface area contributed by atoms with Gasteiger partial charge in [-0.1, -0.05) is 31.0 Å². The summed E-state index contributed by atoms with van der Waals surface area (Å²) in [4.78, 5) is 16.9. The third-order valence-corrected chi connectivity index (χ3v) is 6.63. The highest BCUT2D eigenvalue weighted by Gasteiger charge is 2.35. The fourth-order valence-electron chi connectivity index (χ4n) is 3.74. The van der Waals surface area contributed by atoms with E-state index in [2.05, 4.69) is 21.6 Å². The van der Waals surface area contributed by atoms with Gasteiger partial charge in [0, 0.05) is 22.1 Å². The SMILES string of the molecule is CCCCC1=NN2C(=N)/C(=C/c3cc(C)n(-c4cc(Cl)ccc4C)c3C)C(=O)N=C2S1. The van der Waals surface area contributed by atoms with E-state index in [4.69, 9.17) is 17.0 Å². The summed E-state index contributed by atoms with van der Waals surface area (Å²) >= 11 is 7.62. The van der Waals surface area contributed by atoms with E-state index < -0.39 is 5.91 Å². The van der Waals surface area contributed by atoms with E-state index in [1.807, 2.05) is 45.0 Å². The van der Waals surface area contributed by atoms with Crippen LogP contribution in [0.25, 0.3) is 11.8 Å². The number of hydrazone groups is 1. The Kier molecular flexibility index (Phi) is 5.90. The van der Waals surface area contributed by atoms with Crippen molar-refractivity contribution in [3.8, 4) is 5.69 Å². The number of aromatic nitrogens is 1. The molecule has 2 aromatic rings. The smallest absolute Gasteiger partial charge is 0.283 e. The lowest BCUT2D eigenvalue weighted by atomic mass is 10.1. The van der Waals surface area contributed by atoms with Crippen LogP contribution in [-0.4, -0.2) is 31.5 Å². The molecule has 160 valence electrons. The molecule has 1 amide bonds. The molecule has 0 saturated heterocycles. The van der Waals surface area contributed by atoms with Crippen molar-refractivity contribution in [3.63, 3.8) is 0 Å². The van der Waals surface area contributed by atoms with Crippen molar-refractivity contribution >= 4 is 51.4 Å². The maximum Gasteiger partial charge on any atom is 0.283 e. The summed E-state index contributed by atoms with van der Waals surface area (Å²) in [6.07, 6.45) is 4.66. The summed E-state index contributed by atoms with van der Waals surface area (Å²) in [5, 5.41) is 16.6. The van der Waals surface area contributed by atoms with Crippen LogP contribution in [0.5, 0.6) is 0 Å². The first-order valence-corrected chi connectivity index (χ1v) is 11.4. The van der Waals surface area contributed by atoms with Gasteiger partial charge >= 0.3 is 0 Å². The van der Waals surface area contributed by atoms with Gasteiger partial charge in [-0.2, -0.15) is 15.1 Å². The molecule has 0 aliphatic carbocycles. The van der Waals surface area contributed by atoms with Gasteiger partial charge in [-0.3, -0.25) is 10.2 Å². The van der Waals surface area contributed by atoms with E-state index >= 15 is 0 Å². The average molecular weight is 454 g/mol. The van der Waals surface area contributed by atoms with Crippen molar-refractivity contribution in [1.29, 1.82) is 5.41 Å². The zero-order valence-electron chi connectivity index (χ0n) is 18.0. The van der Waals surface area contributed by atoms with Crippen molar-refractivity contribution in [1.82, 2.24) is 9.58 Å². The number of carbonyl (C=O) groups excluding carboxylic acids is 1. The van der Waals surface area contributed by atoms with Crippen molar-refractivity contribution in [2.75, 3.05) is 0 Å². The number of unbranched alkanes of at least 4 members (excludes halogenated alkanes) is 1. The molecule has 4 rings (SSSR count). The molecule has 0 atom stereocenters. The molecule has 31 heavy (non-hydrogen) atoms. The van der Waals surface area contributed by atoms with Gasteiger partial charge in [0.25, 0.3) is 5.91 Å². The summed E-state index contributed by atoms with van der Waals surface area (Å²) in [7, 11) is 0. The molecular weight excluding hydrogens is 430 g/mol. The van der Waals surface area contributed by atoms with Crippen LogP contribution < -0.4 is 0 Å². The van der Waals surface area contributed by atoms with E-state index in [1.165, 1.54) is 16.8 Å². The monoisotopic (exact) mass is 453 g/mol. The van der Waals surface area contributed by atoms with E-state index in [0.29, 0.717) is 10.2 Å². The topological polar surface area (TPSA) is 73.8 Å². The summed E-state index contributed by atoms with van der Waals surface area (Å²) in [5.74, 6) is -0.336. The molecule has 2 aliphatic heterocycles. The van der Waals surface area contributed by atoms with Crippen LogP contribution in [0.2, 0.25) is 5.02 Å². The minimum atomic E-state index is -0.403. The van der Waals surface area contributed by atoms with Gasteiger partial charge in [0.15, 0.2) is 5.84 Å². The zero-order chi connectivity index (χ0) is 22.3. The number of rotatable bonds is 5. The third-order valence-electron chi connectivity index (χ3n) is 5.42. The Balaban J connectivity index is 1.72. The fraction of sp³-hybridized carbons (Fsp3) is 0.304. The maximum atomic E-state index is 12.7. The molecule has 6 nitrogen and oxygen atoms in total. The van der Waals surface area contributed by atoms with E-state index in [9.17, 15) is 4.79 Å². The first-order valence-electron chi connectivity index (χ1n) is 10.2. The van der Waals surface area contributed by atoms with Crippen molar-refractivity contribution in [2.24, 2.45) is 10.1 Å². The van der Waals surface area contributed by atoms with Gasteiger partial charge in [-0.25, -0.2) is 0 Å². The number of hydrogen-bond acceptors (Lipinski definition) is 4. The Labute approximate surface area is 191 Å². The first kappa shape index (κ1) is 21.6. The number of amides is 1. The van der Waals surface area contributed by atoms with Crippen LogP contribution in [0.15, 0.2) is 39.9 Å². The average Bonchev–Trinajstić information content (AvgIpc) is 3.25. The summed E-state index contributed by atoms with van der Waals surface area (Å²) < 4.78 is 2.12. The van der Waals surface area contributed by atoms with Gasteiger partial charge < -0.3 is 4.57 Å². The fourth-order valence-corrected chi connectivity index (χ4v) is 4.84. The van der Waals surface area contributed by atoms with E-state index in [-0.39, 0.29) is 11.4 Å². The number of aliphatic imine (C=N–C) groups is 1. The molecule has 0 fully saturated rings. The summed E-state index contributed by atoms with van der Waals surface area (Å²) in [5.41, 5.74) is 5.19. The number of carbonyl (C=O) groups is 1. The van der Waals surface area contributed by atoms with Crippen LogP contribution in [-0.2, 0) is 4.79 Å². The van der Waals surface area contributed by atoms with E-state index in [0.717, 1.165) is 52.5 Å². The number of hydrogen-bond donors (Lipinski definition) is 1. The summed E-state index contributed by atoms with van der Waals surface area (Å²) in [6.45, 7) is 8.18. The molecule has 8 heteroatoms. The van der Waals surface area contributed by atoms with Crippen LogP contribution in [0, 0.1) is 26.2 Å². The molecule has 0 unspecified atom stereocenters. The van der Waals surface area contributed by atoms with Gasteiger partial charge in [0.1, 0.15) is 5.04 Å². The largest absolute Gasteiger partial charge is 0.318 e. The predicted molar refractivity (Wildman–Crippen MR) is 130 cm³/mol. The van der Waals surface area contributed by atoms with Crippen LogP contribution in [0.3, 0.4) is 0 Å². The van der Waals surface area contributed by atoms with Crippen LogP contribution >= 0.6 is 23.4 Å². The van der Waals surface area contributed by atoms with Crippen LogP contribution in [0.1, 0.15) is 48.7 Å². The lowest BCUT2D eigenvalue weighted by molar-refractivity contribution is -0.114. The van der Waals surface area contributed by atoms with E-state index in [1.54, 1.807) is 6.08 Å². The lowest BCUT2D eigenvalue weighted by Gasteiger charge is -2.20. The zero-order valence-corrected chi connectivity index (χ0v) is 19.6. The molecule has 1 aromatic heterocycles. The Morgan fingerprint density at radius 2 is 2.00 bits per heavy atom. The molecular formula is C23H24ClN5OS. The molecule has 0 radical (unpaired) electrons. The van der Waals surface area contributed by atoms with Crippen molar-refractivity contribution in [3.05, 3.63) is 57.4 Å². The number of fused-ring (bicyclic) bond motifs is 1. The van der Waals surface area contributed by atoms with Gasteiger partial charge in [0.05, 0.1) is 5.57 Å². The number of nitrogens with zero attached hydrogens (tertiary/aromatic N) is 4. The van der Waals surface area contributed by atoms with Crippen LogP contribution in [0.4, 0.5) is 0 Å². The minimum Gasteiger partial charge on any atom is -0.318 e. The third kappa shape index (κ3) is 4.00. The Morgan fingerprint density at radius 1 is 1.23 bits per heavy atom. The van der Waals surface area contributed by atoms with Gasteiger partial charge in [0.2, 0.25) is 5.17 Å². The number of benzene rings is 1. The normalized spacial score (nSPS) is 17.3. The molecule has 0 bridgehead atoms. The highest BCUT2D eigenvalue weighted by molar-refractivity contribution is 8.26.